The van der Waals surface area contributed by atoms with E-state index in [9.17, 15) is 9.59 Å². The second-order valence-electron chi connectivity index (χ2n) is 4.64. The predicted octanol–water partition coefficient (Wildman–Crippen LogP) is 1.72. The van der Waals surface area contributed by atoms with Crippen LogP contribution in [0.15, 0.2) is 47.2 Å². The van der Waals surface area contributed by atoms with Gasteiger partial charge in [-0.05, 0) is 24.3 Å². The molecule has 0 saturated carbocycles. The van der Waals surface area contributed by atoms with Gasteiger partial charge in [0.1, 0.15) is 19.5 Å². The Morgan fingerprint density at radius 1 is 1.22 bits per heavy atom. The fourth-order valence-corrected chi connectivity index (χ4v) is 2.61. The zero-order valence-electron chi connectivity index (χ0n) is 12.7. The Morgan fingerprint density at radius 3 is 2.78 bits per heavy atom. The molecule has 0 bridgehead atoms. The van der Waals surface area contributed by atoms with Crippen molar-refractivity contribution >= 4 is 23.6 Å². The second-order valence-corrected chi connectivity index (χ2v) is 5.81. The van der Waals surface area contributed by atoms with Gasteiger partial charge in [-0.25, -0.2) is 4.79 Å². The van der Waals surface area contributed by atoms with Crippen molar-refractivity contribution in [2.45, 2.75) is 11.3 Å². The van der Waals surface area contributed by atoms with Crippen LogP contribution in [-0.2, 0) is 23.8 Å². The Bertz CT molecular complexity index is 547. The van der Waals surface area contributed by atoms with E-state index in [2.05, 4.69) is 17.4 Å². The molecule has 1 aliphatic heterocycles. The van der Waals surface area contributed by atoms with E-state index in [4.69, 9.17) is 14.2 Å². The Kier molecular flexibility index (Phi) is 7.32. The van der Waals surface area contributed by atoms with Crippen molar-refractivity contribution in [2.24, 2.45) is 0 Å². The zero-order valence-corrected chi connectivity index (χ0v) is 13.5. The highest BCUT2D eigenvalue weighted by Crippen LogP contribution is 2.17. The van der Waals surface area contributed by atoms with Crippen LogP contribution in [0.3, 0.4) is 0 Å². The molecule has 1 aromatic rings. The third-order valence-corrected chi connectivity index (χ3v) is 3.94. The number of benzene rings is 1. The maximum absolute atomic E-state index is 11.6. The largest absolute Gasteiger partial charge is 0.493 e. The van der Waals surface area contributed by atoms with Gasteiger partial charge in [0.25, 0.3) is 5.91 Å². The van der Waals surface area contributed by atoms with E-state index >= 15 is 0 Å². The van der Waals surface area contributed by atoms with E-state index in [0.717, 1.165) is 12.2 Å². The average Bonchev–Trinajstić information content (AvgIpc) is 2.61. The summed E-state index contributed by atoms with van der Waals surface area (Å²) in [5, 5.41) is 2.71. The molecule has 2 rings (SSSR count). The van der Waals surface area contributed by atoms with Gasteiger partial charge in [0.05, 0.1) is 0 Å². The molecule has 0 radical (unpaired) electrons. The third kappa shape index (κ3) is 6.65. The van der Waals surface area contributed by atoms with Crippen LogP contribution in [0, 0.1) is 0 Å². The third-order valence-electron chi connectivity index (χ3n) is 2.84. The quantitative estimate of drug-likeness (QED) is 0.442. The summed E-state index contributed by atoms with van der Waals surface area (Å²) < 4.78 is 14.8. The van der Waals surface area contributed by atoms with Crippen LogP contribution in [0.1, 0.15) is 6.42 Å². The minimum atomic E-state index is -0.695. The van der Waals surface area contributed by atoms with Crippen LogP contribution < -0.4 is 5.32 Å². The van der Waals surface area contributed by atoms with Gasteiger partial charge in [-0.3, -0.25) is 4.79 Å². The van der Waals surface area contributed by atoms with Gasteiger partial charge in [0.15, 0.2) is 6.61 Å². The van der Waals surface area contributed by atoms with Crippen LogP contribution in [0.4, 0.5) is 0 Å². The van der Waals surface area contributed by atoms with Crippen LogP contribution in [-0.4, -0.2) is 44.0 Å². The summed E-state index contributed by atoms with van der Waals surface area (Å²) in [4.78, 5) is 24.3. The molecule has 124 valence electrons. The molecule has 1 amide bonds. The molecular formula is C16H19NO5S. The summed E-state index contributed by atoms with van der Waals surface area (Å²) in [5.74, 6) is -0.134. The lowest BCUT2D eigenvalue weighted by atomic mass is 10.4. The van der Waals surface area contributed by atoms with E-state index in [1.165, 1.54) is 11.2 Å². The molecule has 1 heterocycles. The maximum Gasteiger partial charge on any atom is 0.377 e. The number of rotatable bonds is 8. The molecule has 0 saturated heterocycles. The molecule has 0 spiro atoms. The molecule has 0 fully saturated rings. The number of nitrogens with one attached hydrogen (secondary N) is 1. The highest BCUT2D eigenvalue weighted by molar-refractivity contribution is 7.99. The van der Waals surface area contributed by atoms with Crippen molar-refractivity contribution in [3.63, 3.8) is 0 Å². The zero-order chi connectivity index (χ0) is 16.3. The highest BCUT2D eigenvalue weighted by atomic mass is 32.2. The minimum Gasteiger partial charge on any atom is -0.493 e. The number of hydrogen-bond donors (Lipinski definition) is 1. The first-order valence-corrected chi connectivity index (χ1v) is 8.30. The monoisotopic (exact) mass is 337 g/mol. The van der Waals surface area contributed by atoms with Gasteiger partial charge >= 0.3 is 5.97 Å². The lowest BCUT2D eigenvalue weighted by Crippen LogP contribution is -2.30. The van der Waals surface area contributed by atoms with E-state index in [1.54, 1.807) is 11.8 Å². The average molecular weight is 337 g/mol. The molecular weight excluding hydrogens is 318 g/mol. The minimum absolute atomic E-state index is 0.0108. The number of carbonyl (C=O) groups is 2. The summed E-state index contributed by atoms with van der Waals surface area (Å²) >= 11 is 1.73. The fourth-order valence-electron chi connectivity index (χ4n) is 1.74. The van der Waals surface area contributed by atoms with Crippen LogP contribution >= 0.6 is 11.8 Å². The van der Waals surface area contributed by atoms with E-state index < -0.39 is 5.97 Å². The smallest absolute Gasteiger partial charge is 0.377 e. The Labute approximate surface area is 139 Å². The first kappa shape index (κ1) is 17.2. The number of esters is 1. The van der Waals surface area contributed by atoms with Crippen LogP contribution in [0.5, 0.6) is 0 Å². The summed E-state index contributed by atoms with van der Waals surface area (Å²) in [6.07, 6.45) is 2.03. The molecule has 1 aliphatic rings. The topological polar surface area (TPSA) is 73.9 Å². The number of ether oxygens (including phenoxy) is 3. The molecule has 1 N–H and O–H groups in total. The molecule has 23 heavy (non-hydrogen) atoms. The van der Waals surface area contributed by atoms with Crippen molar-refractivity contribution in [2.75, 3.05) is 32.1 Å². The molecule has 0 aromatic heterocycles. The summed E-state index contributed by atoms with van der Waals surface area (Å²) in [6, 6.07) is 10.1. The molecule has 1 aromatic carbocycles. The second kappa shape index (κ2) is 9.78. The Hall–Kier alpha value is -2.15. The number of carbonyl (C=O) groups excluding carboxylic acids is 2. The van der Waals surface area contributed by atoms with E-state index in [1.807, 2.05) is 18.2 Å². The van der Waals surface area contributed by atoms with Gasteiger partial charge < -0.3 is 19.5 Å². The summed E-state index contributed by atoms with van der Waals surface area (Å²) in [5.41, 5.74) is 0. The first-order chi connectivity index (χ1) is 11.3. The van der Waals surface area contributed by atoms with E-state index in [0.29, 0.717) is 19.8 Å². The van der Waals surface area contributed by atoms with Crippen LogP contribution in [0.2, 0.25) is 0 Å². The number of hydrogen-bond acceptors (Lipinski definition) is 6. The van der Waals surface area contributed by atoms with E-state index in [-0.39, 0.29) is 18.3 Å². The van der Waals surface area contributed by atoms with Crippen molar-refractivity contribution in [1.29, 1.82) is 0 Å². The lowest BCUT2D eigenvalue weighted by Gasteiger charge is -2.14. The van der Waals surface area contributed by atoms with Gasteiger partial charge in [0.2, 0.25) is 5.76 Å². The number of thioether (sulfide) groups is 1. The van der Waals surface area contributed by atoms with Gasteiger partial charge in [0, 0.05) is 11.4 Å². The predicted molar refractivity (Wildman–Crippen MR) is 85.7 cm³/mol. The molecule has 0 unspecified atom stereocenters. The first-order valence-electron chi connectivity index (χ1n) is 7.32. The molecule has 7 heteroatoms. The standard InChI is InChI=1S/C16H19NO5S/c18-15(12-22-16(19)14-11-20-8-9-21-14)17-7-4-10-23-13-5-2-1-3-6-13/h1-3,5-6,11H,4,7-10,12H2,(H,17,18). The Morgan fingerprint density at radius 2 is 2.04 bits per heavy atom. The van der Waals surface area contributed by atoms with Crippen LogP contribution in [0.25, 0.3) is 0 Å². The maximum atomic E-state index is 11.6. The number of amides is 1. The van der Waals surface area contributed by atoms with Gasteiger partial charge in [-0.15, -0.1) is 11.8 Å². The molecule has 6 nitrogen and oxygen atoms in total. The summed E-state index contributed by atoms with van der Waals surface area (Å²) in [6.45, 7) is 0.911. The van der Waals surface area contributed by atoms with Gasteiger partial charge in [-0.2, -0.15) is 0 Å². The van der Waals surface area contributed by atoms with Crippen molar-refractivity contribution in [3.8, 4) is 0 Å². The fraction of sp³-hybridized carbons (Fsp3) is 0.375. The molecule has 0 aliphatic carbocycles. The molecule has 0 atom stereocenters. The van der Waals surface area contributed by atoms with Crippen molar-refractivity contribution < 1.29 is 23.8 Å². The Balaban J connectivity index is 1.53. The lowest BCUT2D eigenvalue weighted by molar-refractivity contribution is -0.149. The SMILES string of the molecule is O=C(COC(=O)C1=COCCO1)NCCCSc1ccccc1. The normalized spacial score (nSPS) is 13.3. The highest BCUT2D eigenvalue weighted by Gasteiger charge is 2.17. The van der Waals surface area contributed by atoms with Gasteiger partial charge in [-0.1, -0.05) is 18.2 Å². The summed E-state index contributed by atoms with van der Waals surface area (Å²) in [7, 11) is 0. The van der Waals surface area contributed by atoms with Crippen molar-refractivity contribution in [1.82, 2.24) is 5.32 Å². The van der Waals surface area contributed by atoms with Crippen molar-refractivity contribution in [3.05, 3.63) is 42.4 Å².